The van der Waals surface area contributed by atoms with E-state index < -0.39 is 5.97 Å². The molecular weight excluding hydrogens is 175 g/mol. The van der Waals surface area contributed by atoms with Crippen molar-refractivity contribution in [2.24, 2.45) is 0 Å². The van der Waals surface area contributed by atoms with Crippen LogP contribution < -0.4 is 5.46 Å². The molecule has 0 spiro atoms. The molecule has 0 aliphatic heterocycles. The first-order valence-corrected chi connectivity index (χ1v) is 4.96. The summed E-state index contributed by atoms with van der Waals surface area (Å²) < 4.78 is 0. The molecule has 0 aliphatic carbocycles. The third kappa shape index (κ3) is 4.12. The van der Waals surface area contributed by atoms with Crippen LogP contribution in [-0.2, 0) is 11.2 Å². The molecule has 0 heterocycles. The van der Waals surface area contributed by atoms with Crippen molar-refractivity contribution in [2.45, 2.75) is 25.7 Å². The molecule has 0 atom stereocenters. The fraction of sp³-hybridized carbons (Fsp3) is 0.364. The van der Waals surface area contributed by atoms with E-state index in [1.54, 1.807) is 0 Å². The lowest BCUT2D eigenvalue weighted by molar-refractivity contribution is -0.137. The average Bonchev–Trinajstić information content (AvgIpc) is 2.15. The number of unbranched alkanes of at least 4 members (excludes halogenated alkanes) is 1. The lowest BCUT2D eigenvalue weighted by atomic mass is 9.94. The highest BCUT2D eigenvalue weighted by molar-refractivity contribution is 6.32. The highest BCUT2D eigenvalue weighted by atomic mass is 16.4. The highest BCUT2D eigenvalue weighted by Crippen LogP contribution is 2.05. The van der Waals surface area contributed by atoms with Gasteiger partial charge in [0.2, 0.25) is 0 Å². The predicted octanol–water partition coefficient (Wildman–Crippen LogP) is 0.742. The maximum absolute atomic E-state index is 10.3. The maximum atomic E-state index is 10.3. The number of hydrogen-bond donors (Lipinski definition) is 1. The summed E-state index contributed by atoms with van der Waals surface area (Å²) in [7, 11) is 2.06. The summed E-state index contributed by atoms with van der Waals surface area (Å²) in [6, 6.07) is 8.39. The predicted molar refractivity (Wildman–Crippen MR) is 59.8 cm³/mol. The molecule has 0 fully saturated rings. The molecule has 2 nitrogen and oxygen atoms in total. The van der Waals surface area contributed by atoms with E-state index in [2.05, 4.69) is 32.1 Å². The first kappa shape index (κ1) is 10.8. The van der Waals surface area contributed by atoms with Crippen LogP contribution in [0.15, 0.2) is 24.3 Å². The van der Waals surface area contributed by atoms with Crippen LogP contribution in [0.4, 0.5) is 0 Å². The molecule has 1 rings (SSSR count). The lowest BCUT2D eigenvalue weighted by Crippen LogP contribution is -2.00. The van der Waals surface area contributed by atoms with Crippen molar-refractivity contribution in [1.82, 2.24) is 0 Å². The van der Waals surface area contributed by atoms with Crippen LogP contribution in [0.25, 0.3) is 0 Å². The minimum atomic E-state index is -0.700. The summed E-state index contributed by atoms with van der Waals surface area (Å²) in [6.45, 7) is 0. The van der Waals surface area contributed by atoms with Crippen molar-refractivity contribution >= 4 is 19.3 Å². The molecular formula is C11H15BO2. The molecule has 0 saturated carbocycles. The molecule has 1 aromatic rings. The molecule has 0 aromatic heterocycles. The van der Waals surface area contributed by atoms with Crippen molar-refractivity contribution in [2.75, 3.05) is 0 Å². The van der Waals surface area contributed by atoms with Crippen molar-refractivity contribution < 1.29 is 9.90 Å². The Hall–Kier alpha value is -1.25. The van der Waals surface area contributed by atoms with E-state index >= 15 is 0 Å². The van der Waals surface area contributed by atoms with E-state index in [9.17, 15) is 4.79 Å². The van der Waals surface area contributed by atoms with Gasteiger partial charge in [0.1, 0.15) is 7.85 Å². The van der Waals surface area contributed by atoms with Crippen LogP contribution in [0, 0.1) is 0 Å². The number of hydrogen-bond acceptors (Lipinski definition) is 1. The Morgan fingerprint density at radius 2 is 1.86 bits per heavy atom. The Morgan fingerprint density at radius 3 is 2.43 bits per heavy atom. The minimum absolute atomic E-state index is 0.284. The van der Waals surface area contributed by atoms with Gasteiger partial charge >= 0.3 is 5.97 Å². The van der Waals surface area contributed by atoms with Crippen molar-refractivity contribution in [3.8, 4) is 0 Å². The van der Waals surface area contributed by atoms with E-state index in [0.29, 0.717) is 0 Å². The number of rotatable bonds is 5. The lowest BCUT2D eigenvalue weighted by Gasteiger charge is -2.00. The second kappa shape index (κ2) is 5.48. The second-order valence-corrected chi connectivity index (χ2v) is 3.59. The Morgan fingerprint density at radius 1 is 1.21 bits per heavy atom. The van der Waals surface area contributed by atoms with Gasteiger partial charge < -0.3 is 5.11 Å². The van der Waals surface area contributed by atoms with Gasteiger partial charge in [-0.05, 0) is 24.8 Å². The largest absolute Gasteiger partial charge is 0.481 e. The normalized spacial score (nSPS) is 10.0. The van der Waals surface area contributed by atoms with Crippen LogP contribution in [0.5, 0.6) is 0 Å². The van der Waals surface area contributed by atoms with Crippen molar-refractivity contribution in [1.29, 1.82) is 0 Å². The van der Waals surface area contributed by atoms with Gasteiger partial charge in [0, 0.05) is 6.42 Å². The van der Waals surface area contributed by atoms with Gasteiger partial charge in [-0.3, -0.25) is 4.79 Å². The number of carboxylic acids is 1. The van der Waals surface area contributed by atoms with E-state index in [0.717, 1.165) is 19.3 Å². The summed E-state index contributed by atoms with van der Waals surface area (Å²) in [5.74, 6) is -0.700. The standard InChI is InChI=1S/C11H15BO2/c12-10-7-5-9(6-8-10)3-1-2-4-11(13)14/h5-8H,1-4,12H2,(H,13,14). The van der Waals surface area contributed by atoms with Crippen LogP contribution in [-0.4, -0.2) is 18.9 Å². The third-order valence-corrected chi connectivity index (χ3v) is 2.23. The summed E-state index contributed by atoms with van der Waals surface area (Å²) >= 11 is 0. The second-order valence-electron chi connectivity index (χ2n) is 3.59. The van der Waals surface area contributed by atoms with Gasteiger partial charge in [0.15, 0.2) is 0 Å². The van der Waals surface area contributed by atoms with E-state index in [1.807, 2.05) is 0 Å². The van der Waals surface area contributed by atoms with Crippen LogP contribution >= 0.6 is 0 Å². The molecule has 0 bridgehead atoms. The molecule has 0 amide bonds. The minimum Gasteiger partial charge on any atom is -0.481 e. The first-order valence-electron chi connectivity index (χ1n) is 4.96. The van der Waals surface area contributed by atoms with Crippen molar-refractivity contribution in [3.63, 3.8) is 0 Å². The number of carbonyl (C=O) groups is 1. The molecule has 74 valence electrons. The number of aliphatic carboxylic acids is 1. The molecule has 14 heavy (non-hydrogen) atoms. The fourth-order valence-electron chi connectivity index (χ4n) is 1.36. The zero-order valence-electron chi connectivity index (χ0n) is 8.49. The zero-order chi connectivity index (χ0) is 10.4. The van der Waals surface area contributed by atoms with Gasteiger partial charge in [-0.15, -0.1) is 0 Å². The SMILES string of the molecule is Bc1ccc(CCCCC(=O)O)cc1. The topological polar surface area (TPSA) is 37.3 Å². The number of carboxylic acid groups (broad SMARTS) is 1. The summed E-state index contributed by atoms with van der Waals surface area (Å²) in [6.07, 6.45) is 2.98. The summed E-state index contributed by atoms with van der Waals surface area (Å²) in [5, 5.41) is 8.45. The van der Waals surface area contributed by atoms with Crippen LogP contribution in [0.2, 0.25) is 0 Å². The molecule has 0 saturated heterocycles. The fourth-order valence-corrected chi connectivity index (χ4v) is 1.36. The molecule has 3 heteroatoms. The van der Waals surface area contributed by atoms with Crippen LogP contribution in [0.1, 0.15) is 24.8 Å². The van der Waals surface area contributed by atoms with E-state index in [1.165, 1.54) is 11.0 Å². The summed E-state index contributed by atoms with van der Waals surface area (Å²) in [5.41, 5.74) is 2.56. The van der Waals surface area contributed by atoms with Crippen molar-refractivity contribution in [3.05, 3.63) is 29.8 Å². The zero-order valence-corrected chi connectivity index (χ0v) is 8.49. The van der Waals surface area contributed by atoms with Gasteiger partial charge in [0.25, 0.3) is 0 Å². The monoisotopic (exact) mass is 190 g/mol. The molecule has 0 aliphatic rings. The van der Waals surface area contributed by atoms with Gasteiger partial charge in [-0.1, -0.05) is 29.7 Å². The van der Waals surface area contributed by atoms with Gasteiger partial charge in [0.05, 0.1) is 0 Å². The Labute approximate surface area is 85.4 Å². The Balaban J connectivity index is 2.25. The van der Waals surface area contributed by atoms with Gasteiger partial charge in [-0.2, -0.15) is 0 Å². The molecule has 1 aromatic carbocycles. The Bertz CT molecular complexity index is 293. The molecule has 0 radical (unpaired) electrons. The quantitative estimate of drug-likeness (QED) is 0.549. The molecule has 0 unspecified atom stereocenters. The highest BCUT2D eigenvalue weighted by Gasteiger charge is 1.97. The smallest absolute Gasteiger partial charge is 0.303 e. The maximum Gasteiger partial charge on any atom is 0.303 e. The molecule has 1 N–H and O–H groups in total. The van der Waals surface area contributed by atoms with E-state index in [4.69, 9.17) is 5.11 Å². The third-order valence-electron chi connectivity index (χ3n) is 2.23. The van der Waals surface area contributed by atoms with E-state index in [-0.39, 0.29) is 6.42 Å². The van der Waals surface area contributed by atoms with Crippen LogP contribution in [0.3, 0.4) is 0 Å². The first-order chi connectivity index (χ1) is 6.68. The van der Waals surface area contributed by atoms with Gasteiger partial charge in [-0.25, -0.2) is 0 Å². The Kier molecular flexibility index (Phi) is 4.24. The average molecular weight is 190 g/mol. The number of benzene rings is 1. The number of aryl methyl sites for hydroxylation is 1. The summed E-state index contributed by atoms with van der Waals surface area (Å²) in [4.78, 5) is 10.3.